The first-order chi connectivity index (χ1) is 13.4. The van der Waals surface area contributed by atoms with Crippen LogP contribution in [0.1, 0.15) is 38.3 Å². The van der Waals surface area contributed by atoms with E-state index in [1.807, 2.05) is 25.1 Å². The SMILES string of the molecule is Cc1ccc2c(c1)CCCN2C(=O)CN1C(=O)c2cccc([N+](=O)[O-])c2C1=O. The van der Waals surface area contributed by atoms with Gasteiger partial charge in [-0.15, -0.1) is 0 Å². The fourth-order valence-corrected chi connectivity index (χ4v) is 3.82. The molecule has 0 spiro atoms. The van der Waals surface area contributed by atoms with Crippen molar-refractivity contribution >= 4 is 29.1 Å². The van der Waals surface area contributed by atoms with Crippen molar-refractivity contribution in [2.75, 3.05) is 18.0 Å². The summed E-state index contributed by atoms with van der Waals surface area (Å²) < 4.78 is 0. The van der Waals surface area contributed by atoms with Gasteiger partial charge in [0.15, 0.2) is 0 Å². The van der Waals surface area contributed by atoms with Gasteiger partial charge in [-0.25, -0.2) is 0 Å². The van der Waals surface area contributed by atoms with Crippen molar-refractivity contribution < 1.29 is 19.3 Å². The van der Waals surface area contributed by atoms with Crippen LogP contribution in [0, 0.1) is 17.0 Å². The summed E-state index contributed by atoms with van der Waals surface area (Å²) in [6, 6.07) is 9.71. The maximum absolute atomic E-state index is 12.9. The maximum atomic E-state index is 12.9. The summed E-state index contributed by atoms with van der Waals surface area (Å²) in [7, 11) is 0. The third kappa shape index (κ3) is 2.74. The number of nitrogens with zero attached hydrogens (tertiary/aromatic N) is 3. The first-order valence-corrected chi connectivity index (χ1v) is 8.92. The molecule has 0 saturated carbocycles. The van der Waals surface area contributed by atoms with E-state index in [1.54, 1.807) is 4.90 Å². The molecule has 0 N–H and O–H groups in total. The average Bonchev–Trinajstić information content (AvgIpc) is 2.92. The Labute approximate surface area is 160 Å². The summed E-state index contributed by atoms with van der Waals surface area (Å²) in [4.78, 5) is 51.1. The van der Waals surface area contributed by atoms with Gasteiger partial charge in [0.25, 0.3) is 17.5 Å². The van der Waals surface area contributed by atoms with E-state index < -0.39 is 29.0 Å². The summed E-state index contributed by atoms with van der Waals surface area (Å²) in [5.41, 5.74) is 2.22. The highest BCUT2D eigenvalue weighted by Gasteiger charge is 2.42. The van der Waals surface area contributed by atoms with Crippen LogP contribution in [0.3, 0.4) is 0 Å². The molecule has 4 rings (SSSR count). The van der Waals surface area contributed by atoms with Crippen molar-refractivity contribution in [2.24, 2.45) is 0 Å². The zero-order valence-corrected chi connectivity index (χ0v) is 15.2. The van der Waals surface area contributed by atoms with Crippen LogP contribution in [0.5, 0.6) is 0 Å². The minimum Gasteiger partial charge on any atom is -0.311 e. The smallest absolute Gasteiger partial charge is 0.282 e. The molecule has 0 aromatic heterocycles. The van der Waals surface area contributed by atoms with Gasteiger partial charge in [-0.05, 0) is 37.5 Å². The predicted octanol–water partition coefficient (Wildman–Crippen LogP) is 2.48. The number of aryl methyl sites for hydroxylation is 2. The second kappa shape index (κ2) is 6.56. The number of nitro groups is 1. The Kier molecular flexibility index (Phi) is 4.18. The number of rotatable bonds is 3. The minimum absolute atomic E-state index is 0.0401. The van der Waals surface area contributed by atoms with E-state index in [9.17, 15) is 24.5 Å². The lowest BCUT2D eigenvalue weighted by Crippen LogP contribution is -2.44. The lowest BCUT2D eigenvalue weighted by Gasteiger charge is -2.30. The van der Waals surface area contributed by atoms with Crippen LogP contribution in [0.2, 0.25) is 0 Å². The van der Waals surface area contributed by atoms with E-state index in [4.69, 9.17) is 0 Å². The highest BCUT2D eigenvalue weighted by molar-refractivity contribution is 6.24. The van der Waals surface area contributed by atoms with E-state index in [0.29, 0.717) is 6.54 Å². The van der Waals surface area contributed by atoms with Gasteiger partial charge < -0.3 is 4.90 Å². The van der Waals surface area contributed by atoms with Crippen LogP contribution in [-0.2, 0) is 11.2 Å². The van der Waals surface area contributed by atoms with Gasteiger partial charge in [-0.3, -0.25) is 29.4 Å². The number of amides is 3. The van der Waals surface area contributed by atoms with Crippen molar-refractivity contribution in [1.29, 1.82) is 0 Å². The molecule has 0 radical (unpaired) electrons. The third-order valence-electron chi connectivity index (χ3n) is 5.12. The third-order valence-corrected chi connectivity index (χ3v) is 5.12. The second-order valence-electron chi connectivity index (χ2n) is 6.93. The quantitative estimate of drug-likeness (QED) is 0.463. The van der Waals surface area contributed by atoms with Crippen LogP contribution in [0.25, 0.3) is 0 Å². The fourth-order valence-electron chi connectivity index (χ4n) is 3.82. The fraction of sp³-hybridized carbons (Fsp3) is 0.250. The molecule has 0 bridgehead atoms. The van der Waals surface area contributed by atoms with Crippen LogP contribution < -0.4 is 4.90 Å². The molecule has 2 aromatic rings. The van der Waals surface area contributed by atoms with Gasteiger partial charge in [0, 0.05) is 18.3 Å². The van der Waals surface area contributed by atoms with Crippen molar-refractivity contribution in [3.8, 4) is 0 Å². The first-order valence-electron chi connectivity index (χ1n) is 8.92. The number of hydrogen-bond acceptors (Lipinski definition) is 5. The Morgan fingerprint density at radius 2 is 1.96 bits per heavy atom. The lowest BCUT2D eigenvalue weighted by atomic mass is 9.99. The van der Waals surface area contributed by atoms with E-state index >= 15 is 0 Å². The number of fused-ring (bicyclic) bond motifs is 2. The zero-order chi connectivity index (χ0) is 20.0. The number of nitro benzene ring substituents is 1. The molecule has 0 fully saturated rings. The number of imide groups is 1. The van der Waals surface area contributed by atoms with Crippen molar-refractivity contribution in [3.63, 3.8) is 0 Å². The molecular formula is C20H17N3O5. The largest absolute Gasteiger partial charge is 0.311 e. The molecule has 142 valence electrons. The highest BCUT2D eigenvalue weighted by atomic mass is 16.6. The molecule has 0 atom stereocenters. The van der Waals surface area contributed by atoms with Gasteiger partial charge in [0.2, 0.25) is 5.91 Å². The Balaban J connectivity index is 1.62. The summed E-state index contributed by atoms with van der Waals surface area (Å²) in [5, 5.41) is 11.2. The maximum Gasteiger partial charge on any atom is 0.282 e. The molecule has 2 aliphatic rings. The lowest BCUT2D eigenvalue weighted by molar-refractivity contribution is -0.385. The topological polar surface area (TPSA) is 101 Å². The number of carbonyl (C=O) groups excluding carboxylic acids is 3. The van der Waals surface area contributed by atoms with Gasteiger partial charge >= 0.3 is 0 Å². The summed E-state index contributed by atoms with van der Waals surface area (Å²) in [6.45, 7) is 2.03. The summed E-state index contributed by atoms with van der Waals surface area (Å²) in [5.74, 6) is -1.87. The predicted molar refractivity (Wildman–Crippen MR) is 100 cm³/mol. The van der Waals surface area contributed by atoms with Gasteiger partial charge in [-0.2, -0.15) is 0 Å². The van der Waals surface area contributed by atoms with Gasteiger partial charge in [0.05, 0.1) is 10.5 Å². The standard InChI is InChI=1S/C20H17N3O5/c1-12-7-8-15-13(10-12)4-3-9-21(15)17(24)11-22-19(25)14-5-2-6-16(23(27)28)18(14)20(22)26/h2,5-8,10H,3-4,9,11H2,1H3. The molecule has 3 amide bonds. The minimum atomic E-state index is -0.804. The Morgan fingerprint density at radius 3 is 2.71 bits per heavy atom. The number of hydrogen-bond donors (Lipinski definition) is 0. The molecule has 0 unspecified atom stereocenters. The van der Waals surface area contributed by atoms with Crippen molar-refractivity contribution in [3.05, 3.63) is 68.8 Å². The number of benzene rings is 2. The van der Waals surface area contributed by atoms with Crippen LogP contribution in [0.4, 0.5) is 11.4 Å². The Hall–Kier alpha value is -3.55. The molecule has 8 nitrogen and oxygen atoms in total. The van der Waals surface area contributed by atoms with Crippen molar-refractivity contribution in [1.82, 2.24) is 4.90 Å². The van der Waals surface area contributed by atoms with Crippen LogP contribution in [0.15, 0.2) is 36.4 Å². The van der Waals surface area contributed by atoms with E-state index in [-0.39, 0.29) is 17.0 Å². The van der Waals surface area contributed by atoms with Gasteiger partial charge in [-0.1, -0.05) is 23.8 Å². The van der Waals surface area contributed by atoms with E-state index in [0.717, 1.165) is 34.6 Å². The normalized spacial score (nSPS) is 15.5. The molecule has 0 aliphatic carbocycles. The average molecular weight is 379 g/mol. The van der Waals surface area contributed by atoms with Crippen LogP contribution in [-0.4, -0.2) is 40.6 Å². The van der Waals surface area contributed by atoms with Crippen molar-refractivity contribution in [2.45, 2.75) is 19.8 Å². The summed E-state index contributed by atoms with van der Waals surface area (Å²) in [6.07, 6.45) is 1.65. The Morgan fingerprint density at radius 1 is 1.18 bits per heavy atom. The summed E-state index contributed by atoms with van der Waals surface area (Å²) >= 11 is 0. The van der Waals surface area contributed by atoms with Gasteiger partial charge in [0.1, 0.15) is 12.1 Å². The molecule has 8 heteroatoms. The van der Waals surface area contributed by atoms with Crippen LogP contribution >= 0.6 is 0 Å². The molecular weight excluding hydrogens is 362 g/mol. The first kappa shape index (κ1) is 17.8. The monoisotopic (exact) mass is 379 g/mol. The van der Waals surface area contributed by atoms with E-state index in [2.05, 4.69) is 0 Å². The Bertz CT molecular complexity index is 1050. The molecule has 2 heterocycles. The molecule has 0 saturated heterocycles. The highest BCUT2D eigenvalue weighted by Crippen LogP contribution is 2.32. The molecule has 28 heavy (non-hydrogen) atoms. The number of carbonyl (C=O) groups is 3. The van der Waals surface area contributed by atoms with E-state index in [1.165, 1.54) is 18.2 Å². The molecule has 2 aliphatic heterocycles. The number of anilines is 1. The zero-order valence-electron chi connectivity index (χ0n) is 15.2. The second-order valence-corrected chi connectivity index (χ2v) is 6.93. The molecule has 2 aromatic carbocycles.